The first kappa shape index (κ1) is 18.8. The molecule has 24 heavy (non-hydrogen) atoms. The lowest BCUT2D eigenvalue weighted by Crippen LogP contribution is -2.42. The fourth-order valence-corrected chi connectivity index (χ4v) is 3.66. The van der Waals surface area contributed by atoms with Crippen LogP contribution in [0, 0.1) is 5.41 Å². The highest BCUT2D eigenvalue weighted by Crippen LogP contribution is 2.40. The monoisotopic (exact) mass is 330 g/mol. The minimum absolute atomic E-state index is 0.475. The first-order valence-corrected chi connectivity index (χ1v) is 9.24. The van der Waals surface area contributed by atoms with Gasteiger partial charge in [-0.05, 0) is 49.9 Å². The smallest absolute Gasteiger partial charge is 0.191 e. The average molecular weight is 331 g/mol. The molecule has 4 heteroatoms. The molecule has 0 aromatic heterocycles. The van der Waals surface area contributed by atoms with Gasteiger partial charge >= 0.3 is 0 Å². The zero-order valence-electron chi connectivity index (χ0n) is 15.9. The van der Waals surface area contributed by atoms with Crippen LogP contribution in [0.15, 0.2) is 29.3 Å². The van der Waals surface area contributed by atoms with E-state index >= 15 is 0 Å². The van der Waals surface area contributed by atoms with E-state index < -0.39 is 0 Å². The molecule has 4 nitrogen and oxygen atoms in total. The molecule has 0 aliphatic heterocycles. The Morgan fingerprint density at radius 2 is 1.88 bits per heavy atom. The molecule has 0 bridgehead atoms. The van der Waals surface area contributed by atoms with Crippen molar-refractivity contribution < 1.29 is 0 Å². The van der Waals surface area contributed by atoms with Gasteiger partial charge in [-0.1, -0.05) is 44.0 Å². The molecule has 0 unspecified atom stereocenters. The summed E-state index contributed by atoms with van der Waals surface area (Å²) in [6, 6.07) is 8.76. The summed E-state index contributed by atoms with van der Waals surface area (Å²) >= 11 is 0. The van der Waals surface area contributed by atoms with Crippen LogP contribution in [-0.4, -0.2) is 38.5 Å². The normalized spacial score (nSPS) is 17.3. The predicted molar refractivity (Wildman–Crippen MR) is 103 cm³/mol. The standard InChI is InChI=1S/C20H34N4/c1-5-20(11-6-7-12-20)16-23-19(21-2)22-14-17-9-8-10-18(13-17)15-24(3)4/h8-10,13H,5-7,11-12,14-16H2,1-4H3,(H2,21,22,23). The Balaban J connectivity index is 1.85. The molecule has 0 saturated heterocycles. The Hall–Kier alpha value is -1.55. The summed E-state index contributed by atoms with van der Waals surface area (Å²) in [7, 11) is 6.05. The second-order valence-corrected chi connectivity index (χ2v) is 7.40. The van der Waals surface area contributed by atoms with Crippen molar-refractivity contribution in [3.63, 3.8) is 0 Å². The van der Waals surface area contributed by atoms with Crippen molar-refractivity contribution in [2.24, 2.45) is 10.4 Å². The Morgan fingerprint density at radius 1 is 1.17 bits per heavy atom. The maximum Gasteiger partial charge on any atom is 0.191 e. The minimum atomic E-state index is 0.475. The highest BCUT2D eigenvalue weighted by molar-refractivity contribution is 5.79. The van der Waals surface area contributed by atoms with E-state index in [2.05, 4.69) is 65.8 Å². The van der Waals surface area contributed by atoms with Crippen molar-refractivity contribution >= 4 is 5.96 Å². The van der Waals surface area contributed by atoms with E-state index in [1.54, 1.807) is 0 Å². The molecule has 0 atom stereocenters. The third-order valence-electron chi connectivity index (χ3n) is 5.22. The van der Waals surface area contributed by atoms with E-state index in [-0.39, 0.29) is 0 Å². The molecule has 1 aromatic rings. The SMILES string of the molecule is CCC1(CNC(=NC)NCc2cccc(CN(C)C)c2)CCCC1. The van der Waals surface area contributed by atoms with Crippen LogP contribution in [-0.2, 0) is 13.1 Å². The lowest BCUT2D eigenvalue weighted by molar-refractivity contribution is 0.283. The highest BCUT2D eigenvalue weighted by Gasteiger charge is 2.31. The number of nitrogens with one attached hydrogen (secondary N) is 2. The summed E-state index contributed by atoms with van der Waals surface area (Å²) in [5, 5.41) is 7.01. The van der Waals surface area contributed by atoms with Crippen molar-refractivity contribution in [2.45, 2.75) is 52.1 Å². The fourth-order valence-electron chi connectivity index (χ4n) is 3.66. The molecule has 1 aliphatic carbocycles. The first-order valence-electron chi connectivity index (χ1n) is 9.24. The highest BCUT2D eigenvalue weighted by atomic mass is 15.2. The first-order chi connectivity index (χ1) is 11.6. The van der Waals surface area contributed by atoms with Crippen molar-refractivity contribution in [1.29, 1.82) is 0 Å². The van der Waals surface area contributed by atoms with Crippen LogP contribution in [0.1, 0.15) is 50.2 Å². The number of hydrogen-bond donors (Lipinski definition) is 2. The van der Waals surface area contributed by atoms with Crippen LogP contribution in [0.2, 0.25) is 0 Å². The number of benzene rings is 1. The van der Waals surface area contributed by atoms with Gasteiger partial charge in [-0.3, -0.25) is 4.99 Å². The quantitative estimate of drug-likeness (QED) is 0.595. The average Bonchev–Trinajstić information content (AvgIpc) is 3.04. The van der Waals surface area contributed by atoms with Gasteiger partial charge in [0.05, 0.1) is 0 Å². The van der Waals surface area contributed by atoms with Gasteiger partial charge in [0, 0.05) is 26.7 Å². The van der Waals surface area contributed by atoms with Crippen molar-refractivity contribution in [1.82, 2.24) is 15.5 Å². The molecule has 2 N–H and O–H groups in total. The van der Waals surface area contributed by atoms with E-state index in [9.17, 15) is 0 Å². The van der Waals surface area contributed by atoms with Gasteiger partial charge in [0.2, 0.25) is 0 Å². The van der Waals surface area contributed by atoms with Gasteiger partial charge < -0.3 is 15.5 Å². The van der Waals surface area contributed by atoms with Crippen molar-refractivity contribution in [2.75, 3.05) is 27.7 Å². The largest absolute Gasteiger partial charge is 0.356 e. The summed E-state index contributed by atoms with van der Waals surface area (Å²) in [6.45, 7) is 5.13. The third-order valence-corrected chi connectivity index (χ3v) is 5.22. The molecule has 0 spiro atoms. The van der Waals surface area contributed by atoms with E-state index in [0.717, 1.165) is 25.6 Å². The number of aliphatic imine (C=N–C) groups is 1. The number of nitrogens with zero attached hydrogens (tertiary/aromatic N) is 2. The van der Waals surface area contributed by atoms with E-state index in [1.165, 1.54) is 43.2 Å². The summed E-state index contributed by atoms with van der Waals surface area (Å²) < 4.78 is 0. The fraction of sp³-hybridized carbons (Fsp3) is 0.650. The Bertz CT molecular complexity index is 530. The van der Waals surface area contributed by atoms with Crippen LogP contribution in [0.5, 0.6) is 0 Å². The molecule has 1 aromatic carbocycles. The molecule has 0 amide bonds. The maximum absolute atomic E-state index is 4.39. The molecular formula is C20H34N4. The predicted octanol–water partition coefficient (Wildman–Crippen LogP) is 3.38. The van der Waals surface area contributed by atoms with Gasteiger partial charge in [-0.25, -0.2) is 0 Å². The molecule has 1 saturated carbocycles. The molecule has 0 radical (unpaired) electrons. The lowest BCUT2D eigenvalue weighted by atomic mass is 9.83. The second-order valence-electron chi connectivity index (χ2n) is 7.40. The zero-order valence-corrected chi connectivity index (χ0v) is 15.9. The van der Waals surface area contributed by atoms with Gasteiger partial charge in [-0.15, -0.1) is 0 Å². The summed E-state index contributed by atoms with van der Waals surface area (Å²) in [5.74, 6) is 0.910. The Labute approximate surface area is 147 Å². The third kappa shape index (κ3) is 5.52. The molecular weight excluding hydrogens is 296 g/mol. The van der Waals surface area contributed by atoms with E-state index in [4.69, 9.17) is 0 Å². The summed E-state index contributed by atoms with van der Waals surface area (Å²) in [6.07, 6.45) is 6.70. The van der Waals surface area contributed by atoms with Crippen molar-refractivity contribution in [3.8, 4) is 0 Å². The van der Waals surface area contributed by atoms with Gasteiger partial charge in [0.25, 0.3) is 0 Å². The minimum Gasteiger partial charge on any atom is -0.356 e. The van der Waals surface area contributed by atoms with Gasteiger partial charge in [0.1, 0.15) is 0 Å². The summed E-state index contributed by atoms with van der Waals surface area (Å²) in [4.78, 5) is 6.58. The Morgan fingerprint density at radius 3 is 2.50 bits per heavy atom. The molecule has 2 rings (SSSR count). The van der Waals surface area contributed by atoms with Crippen LogP contribution < -0.4 is 10.6 Å². The maximum atomic E-state index is 4.39. The molecule has 0 heterocycles. The van der Waals surface area contributed by atoms with Crippen LogP contribution >= 0.6 is 0 Å². The molecule has 134 valence electrons. The van der Waals surface area contributed by atoms with Crippen LogP contribution in [0.3, 0.4) is 0 Å². The zero-order chi connectivity index (χ0) is 17.4. The van der Waals surface area contributed by atoms with E-state index in [1.807, 2.05) is 7.05 Å². The topological polar surface area (TPSA) is 39.7 Å². The van der Waals surface area contributed by atoms with Crippen molar-refractivity contribution in [3.05, 3.63) is 35.4 Å². The number of hydrogen-bond acceptors (Lipinski definition) is 2. The van der Waals surface area contributed by atoms with Gasteiger partial charge in [0.15, 0.2) is 5.96 Å². The lowest BCUT2D eigenvalue weighted by Gasteiger charge is -2.28. The molecule has 1 aliphatic rings. The Kier molecular flexibility index (Phi) is 7.10. The molecule has 1 fully saturated rings. The number of guanidine groups is 1. The van der Waals surface area contributed by atoms with Gasteiger partial charge in [-0.2, -0.15) is 0 Å². The van der Waals surface area contributed by atoms with Crippen LogP contribution in [0.25, 0.3) is 0 Å². The number of rotatable bonds is 7. The second kappa shape index (κ2) is 9.07. The van der Waals surface area contributed by atoms with Crippen LogP contribution in [0.4, 0.5) is 0 Å². The van der Waals surface area contributed by atoms with E-state index in [0.29, 0.717) is 5.41 Å². The summed E-state index contributed by atoms with van der Waals surface area (Å²) in [5.41, 5.74) is 3.12.